The highest BCUT2D eigenvalue weighted by Crippen LogP contribution is 2.23. The van der Waals surface area contributed by atoms with E-state index in [0.29, 0.717) is 23.9 Å². The molecule has 0 spiro atoms. The molecule has 0 aliphatic heterocycles. The average Bonchev–Trinajstić information content (AvgIpc) is 2.70. The molecule has 4 nitrogen and oxygen atoms in total. The molecule has 2 N–H and O–H groups in total. The number of nitrogens with one attached hydrogen (secondary N) is 2. The van der Waals surface area contributed by atoms with Crippen molar-refractivity contribution in [2.75, 3.05) is 0 Å². The van der Waals surface area contributed by atoms with Crippen LogP contribution >= 0.6 is 0 Å². The summed E-state index contributed by atoms with van der Waals surface area (Å²) >= 11 is 0. The van der Waals surface area contributed by atoms with Crippen LogP contribution in [0.15, 0.2) is 29.1 Å². The molecule has 2 atom stereocenters. The van der Waals surface area contributed by atoms with Crippen molar-refractivity contribution in [2.45, 2.75) is 51.6 Å². The number of aromatic amines is 1. The molecular formula is C17H23N3O. The van der Waals surface area contributed by atoms with Crippen LogP contribution in [0.1, 0.15) is 44.9 Å². The van der Waals surface area contributed by atoms with Crippen LogP contribution in [-0.2, 0) is 6.54 Å². The maximum absolute atomic E-state index is 12.0. The molecule has 0 radical (unpaired) electrons. The largest absolute Gasteiger partial charge is 0.309 e. The number of nitrogens with zero attached hydrogens (tertiary/aromatic N) is 1. The summed E-state index contributed by atoms with van der Waals surface area (Å²) in [6.07, 6.45) is 6.49. The van der Waals surface area contributed by atoms with Crippen molar-refractivity contribution in [3.05, 3.63) is 40.4 Å². The molecule has 21 heavy (non-hydrogen) atoms. The number of fused-ring (bicyclic) bond motifs is 1. The van der Waals surface area contributed by atoms with E-state index in [9.17, 15) is 4.79 Å². The Labute approximate surface area is 125 Å². The fourth-order valence-corrected chi connectivity index (χ4v) is 3.24. The van der Waals surface area contributed by atoms with Gasteiger partial charge in [0.05, 0.1) is 17.4 Å². The molecule has 1 fully saturated rings. The number of hydrogen-bond acceptors (Lipinski definition) is 3. The highest BCUT2D eigenvalue weighted by Gasteiger charge is 2.19. The highest BCUT2D eigenvalue weighted by atomic mass is 16.1. The third kappa shape index (κ3) is 3.32. The minimum absolute atomic E-state index is 0.0497. The highest BCUT2D eigenvalue weighted by molar-refractivity contribution is 5.77. The van der Waals surface area contributed by atoms with E-state index in [0.717, 1.165) is 11.3 Å². The predicted octanol–water partition coefficient (Wildman–Crippen LogP) is 2.98. The van der Waals surface area contributed by atoms with E-state index in [2.05, 4.69) is 22.2 Å². The van der Waals surface area contributed by atoms with Crippen LogP contribution < -0.4 is 10.9 Å². The molecule has 1 aliphatic rings. The average molecular weight is 285 g/mol. The second-order valence-electron chi connectivity index (χ2n) is 6.13. The van der Waals surface area contributed by atoms with Gasteiger partial charge in [-0.25, -0.2) is 4.98 Å². The third-order valence-electron chi connectivity index (χ3n) is 4.56. The zero-order valence-electron chi connectivity index (χ0n) is 12.6. The number of benzene rings is 1. The first kappa shape index (κ1) is 14.3. The van der Waals surface area contributed by atoms with Crippen molar-refractivity contribution >= 4 is 10.9 Å². The van der Waals surface area contributed by atoms with Gasteiger partial charge in [-0.3, -0.25) is 4.79 Å². The van der Waals surface area contributed by atoms with E-state index in [1.807, 2.05) is 24.3 Å². The van der Waals surface area contributed by atoms with Gasteiger partial charge in [0.1, 0.15) is 5.82 Å². The summed E-state index contributed by atoms with van der Waals surface area (Å²) in [4.78, 5) is 19.5. The van der Waals surface area contributed by atoms with E-state index >= 15 is 0 Å². The minimum Gasteiger partial charge on any atom is -0.309 e. The Kier molecular flexibility index (Phi) is 4.34. The molecule has 0 bridgehead atoms. The molecule has 0 amide bonds. The van der Waals surface area contributed by atoms with Crippen LogP contribution in [0.4, 0.5) is 0 Å². The van der Waals surface area contributed by atoms with Crippen LogP contribution in [-0.4, -0.2) is 16.0 Å². The van der Waals surface area contributed by atoms with Crippen molar-refractivity contribution in [2.24, 2.45) is 5.92 Å². The topological polar surface area (TPSA) is 57.8 Å². The van der Waals surface area contributed by atoms with Gasteiger partial charge in [0.2, 0.25) is 0 Å². The quantitative estimate of drug-likeness (QED) is 0.852. The lowest BCUT2D eigenvalue weighted by molar-refractivity contribution is 0.353. The Morgan fingerprint density at radius 2 is 2.05 bits per heavy atom. The molecule has 4 heteroatoms. The second-order valence-corrected chi connectivity index (χ2v) is 6.13. The van der Waals surface area contributed by atoms with E-state index < -0.39 is 0 Å². The van der Waals surface area contributed by atoms with Gasteiger partial charge >= 0.3 is 0 Å². The predicted molar refractivity (Wildman–Crippen MR) is 85.2 cm³/mol. The summed E-state index contributed by atoms with van der Waals surface area (Å²) < 4.78 is 0. The molecule has 3 rings (SSSR count). The Bertz CT molecular complexity index is 664. The maximum Gasteiger partial charge on any atom is 0.258 e. The molecule has 1 aromatic carbocycles. The van der Waals surface area contributed by atoms with Gasteiger partial charge < -0.3 is 10.3 Å². The molecule has 2 aromatic rings. The zero-order valence-corrected chi connectivity index (χ0v) is 12.6. The minimum atomic E-state index is -0.0497. The molecular weight excluding hydrogens is 262 g/mol. The lowest BCUT2D eigenvalue weighted by Crippen LogP contribution is -2.34. The first-order valence-corrected chi connectivity index (χ1v) is 7.95. The van der Waals surface area contributed by atoms with Crippen LogP contribution in [0.3, 0.4) is 0 Å². The number of hydrogen-bond donors (Lipinski definition) is 2. The zero-order chi connectivity index (χ0) is 14.7. The Hall–Kier alpha value is -1.68. The van der Waals surface area contributed by atoms with Crippen molar-refractivity contribution in [3.8, 4) is 0 Å². The van der Waals surface area contributed by atoms with Gasteiger partial charge in [-0.2, -0.15) is 0 Å². The molecule has 0 saturated heterocycles. The number of rotatable bonds is 3. The molecule has 1 aromatic heterocycles. The first-order chi connectivity index (χ1) is 10.2. The smallest absolute Gasteiger partial charge is 0.258 e. The summed E-state index contributed by atoms with van der Waals surface area (Å²) in [5.41, 5.74) is 0.721. The standard InChI is InChI=1S/C17H23N3O/c1-12-7-3-2-4-9-14(12)18-11-16-19-15-10-6-5-8-13(15)17(21)20-16/h5-6,8,10,12,14,18H,2-4,7,9,11H2,1H3,(H,19,20,21). The monoisotopic (exact) mass is 285 g/mol. The summed E-state index contributed by atoms with van der Waals surface area (Å²) in [7, 11) is 0. The van der Waals surface area contributed by atoms with Gasteiger partial charge in [0, 0.05) is 6.04 Å². The molecule has 1 saturated carbocycles. The Balaban J connectivity index is 1.74. The lowest BCUT2D eigenvalue weighted by Gasteiger charge is -2.22. The molecule has 2 unspecified atom stereocenters. The van der Waals surface area contributed by atoms with Crippen molar-refractivity contribution in [1.29, 1.82) is 0 Å². The lowest BCUT2D eigenvalue weighted by atomic mass is 9.97. The van der Waals surface area contributed by atoms with Crippen LogP contribution in [0.2, 0.25) is 0 Å². The normalized spacial score (nSPS) is 23.1. The summed E-state index contributed by atoms with van der Waals surface area (Å²) in [6, 6.07) is 8.02. The number of H-pyrrole nitrogens is 1. The van der Waals surface area contributed by atoms with Crippen LogP contribution in [0, 0.1) is 5.92 Å². The van der Waals surface area contributed by atoms with Crippen molar-refractivity contribution in [1.82, 2.24) is 15.3 Å². The number of para-hydroxylation sites is 1. The van der Waals surface area contributed by atoms with E-state index in [-0.39, 0.29) is 5.56 Å². The Morgan fingerprint density at radius 3 is 2.95 bits per heavy atom. The fourth-order valence-electron chi connectivity index (χ4n) is 3.24. The van der Waals surface area contributed by atoms with E-state index in [1.165, 1.54) is 32.1 Å². The van der Waals surface area contributed by atoms with Gasteiger partial charge in [-0.1, -0.05) is 38.3 Å². The van der Waals surface area contributed by atoms with Gasteiger partial charge in [0.15, 0.2) is 0 Å². The van der Waals surface area contributed by atoms with Crippen molar-refractivity contribution < 1.29 is 0 Å². The van der Waals surface area contributed by atoms with Crippen LogP contribution in [0.5, 0.6) is 0 Å². The maximum atomic E-state index is 12.0. The number of aromatic nitrogens is 2. The fraction of sp³-hybridized carbons (Fsp3) is 0.529. The van der Waals surface area contributed by atoms with Gasteiger partial charge in [-0.05, 0) is 30.9 Å². The summed E-state index contributed by atoms with van der Waals surface area (Å²) in [5.74, 6) is 1.43. The SMILES string of the molecule is CC1CCCCCC1NCc1nc2ccccc2c(=O)[nH]1. The summed E-state index contributed by atoms with van der Waals surface area (Å²) in [6.45, 7) is 2.95. The van der Waals surface area contributed by atoms with Gasteiger partial charge in [0.25, 0.3) is 5.56 Å². The Morgan fingerprint density at radius 1 is 1.24 bits per heavy atom. The second kappa shape index (κ2) is 6.39. The molecule has 1 heterocycles. The van der Waals surface area contributed by atoms with E-state index in [4.69, 9.17) is 0 Å². The van der Waals surface area contributed by atoms with Crippen LogP contribution in [0.25, 0.3) is 10.9 Å². The van der Waals surface area contributed by atoms with Crippen molar-refractivity contribution in [3.63, 3.8) is 0 Å². The first-order valence-electron chi connectivity index (χ1n) is 7.95. The molecule has 1 aliphatic carbocycles. The molecule has 112 valence electrons. The summed E-state index contributed by atoms with van der Waals surface area (Å²) in [5, 5.41) is 4.24. The third-order valence-corrected chi connectivity index (χ3v) is 4.56. The van der Waals surface area contributed by atoms with Gasteiger partial charge in [-0.15, -0.1) is 0 Å². The van der Waals surface area contributed by atoms with E-state index in [1.54, 1.807) is 0 Å².